The summed E-state index contributed by atoms with van der Waals surface area (Å²) >= 11 is 0. The van der Waals surface area contributed by atoms with Crippen LogP contribution in [-0.2, 0) is 4.79 Å². The third kappa shape index (κ3) is 4.84. The number of aryl methyl sites for hydroxylation is 2. The Labute approximate surface area is 175 Å². The maximum absolute atomic E-state index is 13.0. The molecule has 1 heterocycles. The highest BCUT2D eigenvalue weighted by Crippen LogP contribution is 2.29. The Morgan fingerprint density at radius 2 is 1.83 bits per heavy atom. The van der Waals surface area contributed by atoms with Crippen LogP contribution in [0.15, 0.2) is 60.7 Å². The molecule has 1 aromatic heterocycles. The number of hydrogen-bond donors (Lipinski definition) is 2. The van der Waals surface area contributed by atoms with Crippen LogP contribution in [0.25, 0.3) is 11.3 Å². The molecule has 0 spiro atoms. The summed E-state index contributed by atoms with van der Waals surface area (Å²) in [4.78, 5) is 28.9. The fourth-order valence-electron chi connectivity index (χ4n) is 3.36. The van der Waals surface area contributed by atoms with Gasteiger partial charge in [0.05, 0.1) is 19.6 Å². The highest BCUT2D eigenvalue weighted by Gasteiger charge is 2.22. The second-order valence-electron chi connectivity index (χ2n) is 7.10. The molecular formula is C24H24N2O4. The van der Waals surface area contributed by atoms with Gasteiger partial charge in [-0.2, -0.15) is 0 Å². The lowest BCUT2D eigenvalue weighted by molar-refractivity contribution is -0.137. The fraction of sp³-hybridized carbons (Fsp3) is 0.208. The van der Waals surface area contributed by atoms with Crippen LogP contribution in [0.4, 0.5) is 0 Å². The molecule has 1 atom stereocenters. The zero-order chi connectivity index (χ0) is 21.7. The maximum atomic E-state index is 13.0. The number of rotatable bonds is 7. The van der Waals surface area contributed by atoms with Gasteiger partial charge in [0.1, 0.15) is 17.1 Å². The van der Waals surface area contributed by atoms with E-state index in [1.54, 1.807) is 19.2 Å². The van der Waals surface area contributed by atoms with Gasteiger partial charge in [-0.1, -0.05) is 48.0 Å². The van der Waals surface area contributed by atoms with Gasteiger partial charge in [-0.15, -0.1) is 0 Å². The van der Waals surface area contributed by atoms with Gasteiger partial charge in [-0.3, -0.25) is 9.59 Å². The lowest BCUT2D eigenvalue weighted by atomic mass is 9.98. The van der Waals surface area contributed by atoms with Crippen molar-refractivity contribution in [2.45, 2.75) is 26.3 Å². The molecule has 0 saturated carbocycles. The summed E-state index contributed by atoms with van der Waals surface area (Å²) in [6, 6.07) is 17.8. The molecule has 154 valence electrons. The molecule has 0 bridgehead atoms. The average Bonchev–Trinajstić information content (AvgIpc) is 2.72. The maximum Gasteiger partial charge on any atom is 0.305 e. The number of ether oxygens (including phenoxy) is 1. The van der Waals surface area contributed by atoms with Crippen molar-refractivity contribution >= 4 is 11.9 Å². The Hall–Kier alpha value is -3.67. The van der Waals surface area contributed by atoms with Crippen molar-refractivity contribution in [3.63, 3.8) is 0 Å². The number of carboxylic acid groups (broad SMARTS) is 1. The Morgan fingerprint density at radius 3 is 2.50 bits per heavy atom. The molecule has 0 aliphatic rings. The second-order valence-corrected chi connectivity index (χ2v) is 7.10. The van der Waals surface area contributed by atoms with E-state index in [-0.39, 0.29) is 12.1 Å². The van der Waals surface area contributed by atoms with Gasteiger partial charge >= 0.3 is 5.97 Å². The molecule has 3 aromatic rings. The quantitative estimate of drug-likeness (QED) is 0.612. The van der Waals surface area contributed by atoms with Crippen LogP contribution in [0.3, 0.4) is 0 Å². The number of benzene rings is 2. The predicted molar refractivity (Wildman–Crippen MR) is 115 cm³/mol. The molecule has 0 radical (unpaired) electrons. The normalized spacial score (nSPS) is 11.6. The zero-order valence-electron chi connectivity index (χ0n) is 17.2. The second kappa shape index (κ2) is 9.22. The minimum Gasteiger partial charge on any atom is -0.494 e. The summed E-state index contributed by atoms with van der Waals surface area (Å²) in [5.74, 6) is -0.883. The van der Waals surface area contributed by atoms with Gasteiger partial charge < -0.3 is 15.2 Å². The predicted octanol–water partition coefficient (Wildman–Crippen LogP) is 4.32. The van der Waals surface area contributed by atoms with Crippen molar-refractivity contribution in [3.05, 3.63) is 83.0 Å². The highest BCUT2D eigenvalue weighted by molar-refractivity contribution is 5.93. The van der Waals surface area contributed by atoms with Crippen molar-refractivity contribution in [1.82, 2.24) is 10.3 Å². The number of pyridine rings is 1. The van der Waals surface area contributed by atoms with Crippen LogP contribution >= 0.6 is 0 Å². The number of aliphatic carboxylic acids is 1. The van der Waals surface area contributed by atoms with Crippen LogP contribution in [0, 0.1) is 13.8 Å². The molecule has 1 amide bonds. The summed E-state index contributed by atoms with van der Waals surface area (Å²) < 4.78 is 5.42. The third-order valence-electron chi connectivity index (χ3n) is 4.85. The lowest BCUT2D eigenvalue weighted by Crippen LogP contribution is -2.31. The molecule has 3 rings (SSSR count). The molecule has 6 nitrogen and oxygen atoms in total. The summed E-state index contributed by atoms with van der Waals surface area (Å²) in [7, 11) is 1.55. The number of methoxy groups -OCH3 is 1. The Kier molecular flexibility index (Phi) is 6.47. The highest BCUT2D eigenvalue weighted by atomic mass is 16.5. The van der Waals surface area contributed by atoms with Gasteiger partial charge in [-0.25, -0.2) is 4.98 Å². The van der Waals surface area contributed by atoms with Crippen molar-refractivity contribution in [2.24, 2.45) is 0 Å². The number of aromatic nitrogens is 1. The molecule has 30 heavy (non-hydrogen) atoms. The molecule has 0 aliphatic heterocycles. The molecule has 0 fully saturated rings. The first kappa shape index (κ1) is 21.0. The Bertz CT molecular complexity index is 1080. The molecule has 6 heteroatoms. The topological polar surface area (TPSA) is 88.5 Å². The molecule has 1 unspecified atom stereocenters. The van der Waals surface area contributed by atoms with Gasteiger partial charge in [-0.05, 0) is 43.2 Å². The largest absolute Gasteiger partial charge is 0.494 e. The molecule has 2 N–H and O–H groups in total. The summed E-state index contributed by atoms with van der Waals surface area (Å²) in [6.45, 7) is 3.86. The minimum absolute atomic E-state index is 0.191. The minimum atomic E-state index is -0.994. The van der Waals surface area contributed by atoms with Crippen molar-refractivity contribution in [1.29, 1.82) is 0 Å². The number of carbonyl (C=O) groups excluding carboxylic acids is 1. The van der Waals surface area contributed by atoms with Crippen LogP contribution in [0.5, 0.6) is 5.75 Å². The lowest BCUT2D eigenvalue weighted by Gasteiger charge is -2.19. The smallest absolute Gasteiger partial charge is 0.305 e. The number of nitrogens with zero attached hydrogens (tertiary/aromatic N) is 1. The van der Waals surface area contributed by atoms with Crippen molar-refractivity contribution in [3.8, 4) is 17.0 Å². The van der Waals surface area contributed by atoms with E-state index in [1.165, 1.54) is 0 Å². The zero-order valence-corrected chi connectivity index (χ0v) is 17.2. The first-order valence-corrected chi connectivity index (χ1v) is 9.59. The standard InChI is InChI=1S/C24H24N2O4/c1-15-7-6-9-17(13-15)23-21(30-3)12-11-19(25-23)24(29)26-20(14-22(27)28)18-10-5-4-8-16(18)2/h4-13,20H,14H2,1-3H3,(H,26,29)(H,27,28). The van der Waals surface area contributed by atoms with E-state index >= 15 is 0 Å². The monoisotopic (exact) mass is 404 g/mol. The first-order valence-electron chi connectivity index (χ1n) is 9.59. The number of amides is 1. The SMILES string of the molecule is COc1ccc(C(=O)NC(CC(=O)O)c2ccccc2C)nc1-c1cccc(C)c1. The van der Waals surface area contributed by atoms with Crippen LogP contribution in [-0.4, -0.2) is 29.1 Å². The van der Waals surface area contributed by atoms with Crippen molar-refractivity contribution < 1.29 is 19.4 Å². The van der Waals surface area contributed by atoms with Crippen molar-refractivity contribution in [2.75, 3.05) is 7.11 Å². The first-order chi connectivity index (χ1) is 14.4. The van der Waals surface area contributed by atoms with Crippen LogP contribution in [0.1, 0.15) is 39.6 Å². The van der Waals surface area contributed by atoms with E-state index in [1.807, 2.05) is 62.4 Å². The Morgan fingerprint density at radius 1 is 1.07 bits per heavy atom. The van der Waals surface area contributed by atoms with E-state index in [9.17, 15) is 14.7 Å². The number of nitrogens with one attached hydrogen (secondary N) is 1. The van der Waals surface area contributed by atoms with Crippen LogP contribution in [0.2, 0.25) is 0 Å². The molecule has 0 saturated heterocycles. The van der Waals surface area contributed by atoms with Gasteiger partial charge in [0, 0.05) is 5.56 Å². The average molecular weight is 404 g/mol. The number of carboxylic acids is 1. The summed E-state index contributed by atoms with van der Waals surface area (Å²) in [5, 5.41) is 12.1. The Balaban J connectivity index is 1.94. The van der Waals surface area contributed by atoms with E-state index in [4.69, 9.17) is 4.74 Å². The molecule has 2 aromatic carbocycles. The van der Waals surface area contributed by atoms with Gasteiger partial charge in [0.25, 0.3) is 5.91 Å². The van der Waals surface area contributed by atoms with E-state index < -0.39 is 17.9 Å². The molecular weight excluding hydrogens is 380 g/mol. The summed E-state index contributed by atoms with van der Waals surface area (Å²) in [6.07, 6.45) is -0.225. The van der Waals surface area contributed by atoms with E-state index in [0.29, 0.717) is 11.4 Å². The third-order valence-corrected chi connectivity index (χ3v) is 4.85. The van der Waals surface area contributed by atoms with Gasteiger partial charge in [0.2, 0.25) is 0 Å². The van der Waals surface area contributed by atoms with E-state index in [0.717, 1.165) is 22.3 Å². The number of carbonyl (C=O) groups is 2. The van der Waals surface area contributed by atoms with Gasteiger partial charge in [0.15, 0.2) is 0 Å². The summed E-state index contributed by atoms with van der Waals surface area (Å²) in [5.41, 5.74) is 4.32. The van der Waals surface area contributed by atoms with Crippen LogP contribution < -0.4 is 10.1 Å². The fourth-order valence-corrected chi connectivity index (χ4v) is 3.36. The number of hydrogen-bond acceptors (Lipinski definition) is 4. The van der Waals surface area contributed by atoms with E-state index in [2.05, 4.69) is 10.3 Å². The molecule has 0 aliphatic carbocycles.